The predicted octanol–water partition coefficient (Wildman–Crippen LogP) is 5.70. The molecule has 4 aromatic rings. The van der Waals surface area contributed by atoms with Gasteiger partial charge in [0.1, 0.15) is 35.0 Å². The van der Waals surface area contributed by atoms with Gasteiger partial charge in [0.15, 0.2) is 0 Å². The minimum atomic E-state index is -4.25. The maximum absolute atomic E-state index is 13.0. The number of hydrogen-bond acceptors (Lipinski definition) is 9. The lowest BCUT2D eigenvalue weighted by atomic mass is 9.87. The highest BCUT2D eigenvalue weighted by Crippen LogP contribution is 2.40. The summed E-state index contributed by atoms with van der Waals surface area (Å²) < 4.78 is 55.1. The van der Waals surface area contributed by atoms with Crippen molar-refractivity contribution in [3.63, 3.8) is 0 Å². The fourth-order valence-electron chi connectivity index (χ4n) is 7.91. The third-order valence-corrected chi connectivity index (χ3v) is 12.7. The van der Waals surface area contributed by atoms with E-state index >= 15 is 0 Å². The van der Waals surface area contributed by atoms with Gasteiger partial charge in [0.25, 0.3) is 0 Å². The van der Waals surface area contributed by atoms with E-state index in [1.54, 1.807) is 12.3 Å². The molecule has 7 rings (SSSR count). The zero-order chi connectivity index (χ0) is 33.6. The van der Waals surface area contributed by atoms with E-state index in [0.29, 0.717) is 21.7 Å². The van der Waals surface area contributed by atoms with Gasteiger partial charge in [-0.05, 0) is 68.5 Å². The minimum Gasteiger partial charge on any atom is -0.598 e. The number of nitriles is 1. The Labute approximate surface area is 286 Å². The smallest absolute Gasteiger partial charge is 0.393 e. The second-order valence-electron chi connectivity index (χ2n) is 13.8. The van der Waals surface area contributed by atoms with E-state index in [1.165, 1.54) is 17.5 Å². The first-order valence-corrected chi connectivity index (χ1v) is 18.9. The summed E-state index contributed by atoms with van der Waals surface area (Å²) >= 11 is 0.163. The number of anilines is 1. The lowest BCUT2D eigenvalue weighted by Crippen LogP contribution is -2.39. The molecule has 1 N–H and O–H groups in total. The Morgan fingerprint density at radius 3 is 2.58 bits per heavy atom. The summed E-state index contributed by atoms with van der Waals surface area (Å²) in [7, 11) is 0. The SMILES string of the molecule is Cc1c(CN2CCC(Nc3ncnc4sc(CC(F)(F)F)cc34)CC2)ccc2c1cc(C#N)n2CCN1CCC2(CCN([S+](C)[O-])C2)C1. The molecule has 0 radical (unpaired) electrons. The van der Waals surface area contributed by atoms with Crippen LogP contribution in [0.15, 0.2) is 30.6 Å². The van der Waals surface area contributed by atoms with Gasteiger partial charge in [0.05, 0.1) is 18.4 Å². The summed E-state index contributed by atoms with van der Waals surface area (Å²) in [6.45, 7) is 10.3. The predicted molar refractivity (Wildman–Crippen MR) is 184 cm³/mol. The van der Waals surface area contributed by atoms with Crippen molar-refractivity contribution in [3.05, 3.63) is 52.3 Å². The molecule has 3 fully saturated rings. The van der Waals surface area contributed by atoms with E-state index < -0.39 is 24.0 Å². The number of alkyl halides is 3. The number of rotatable bonds is 9. The number of aryl methyl sites for hydroxylation is 1. The summed E-state index contributed by atoms with van der Waals surface area (Å²) in [5.41, 5.74) is 4.49. The molecule has 1 spiro atoms. The average Bonchev–Trinajstić information content (AvgIpc) is 3.83. The monoisotopic (exact) mass is 698 g/mol. The van der Waals surface area contributed by atoms with Gasteiger partial charge < -0.3 is 19.3 Å². The zero-order valence-corrected chi connectivity index (χ0v) is 29.0. The number of thiophene rings is 1. The van der Waals surface area contributed by atoms with Crippen LogP contribution in [0.5, 0.6) is 0 Å². The van der Waals surface area contributed by atoms with Crippen molar-refractivity contribution in [1.82, 2.24) is 28.6 Å². The summed E-state index contributed by atoms with van der Waals surface area (Å²) in [6.07, 6.45) is 2.01. The number of halogens is 3. The molecule has 1 aromatic carbocycles. The third-order valence-electron chi connectivity index (χ3n) is 10.6. The average molecular weight is 699 g/mol. The van der Waals surface area contributed by atoms with Gasteiger partial charge in [-0.25, -0.2) is 9.97 Å². The van der Waals surface area contributed by atoms with Gasteiger partial charge in [-0.15, -0.1) is 15.6 Å². The van der Waals surface area contributed by atoms with Crippen molar-refractivity contribution in [2.75, 3.05) is 57.4 Å². The molecule has 3 aliphatic heterocycles. The molecule has 0 bridgehead atoms. The van der Waals surface area contributed by atoms with Crippen LogP contribution in [-0.2, 0) is 30.9 Å². The number of fused-ring (bicyclic) bond motifs is 2. The highest BCUT2D eigenvalue weighted by atomic mass is 32.2. The van der Waals surface area contributed by atoms with Crippen molar-refractivity contribution in [1.29, 1.82) is 5.26 Å². The Hall–Kier alpha value is -2.93. The fourth-order valence-corrected chi connectivity index (χ4v) is 9.74. The van der Waals surface area contributed by atoms with E-state index in [0.717, 1.165) is 107 Å². The Balaban J connectivity index is 0.962. The molecular formula is C34H41F3N8OS2. The van der Waals surface area contributed by atoms with Gasteiger partial charge in [-0.1, -0.05) is 6.07 Å². The first kappa shape index (κ1) is 33.6. The quantitative estimate of drug-likeness (QED) is 0.223. The first-order valence-electron chi connectivity index (χ1n) is 16.6. The lowest BCUT2D eigenvalue weighted by molar-refractivity contribution is -0.126. The molecule has 6 heterocycles. The molecular weight excluding hydrogens is 658 g/mol. The normalized spacial score (nSPS) is 22.4. The number of likely N-dealkylation sites (tertiary alicyclic amines) is 2. The highest BCUT2D eigenvalue weighted by molar-refractivity contribution is 7.88. The number of hydrogen-bond donors (Lipinski definition) is 1. The molecule has 3 aromatic heterocycles. The van der Waals surface area contributed by atoms with Crippen molar-refractivity contribution in [2.45, 2.75) is 64.3 Å². The van der Waals surface area contributed by atoms with Gasteiger partial charge in [0, 0.05) is 84.4 Å². The second-order valence-corrected chi connectivity index (χ2v) is 16.3. The van der Waals surface area contributed by atoms with Gasteiger partial charge in [-0.3, -0.25) is 4.90 Å². The van der Waals surface area contributed by atoms with Crippen LogP contribution >= 0.6 is 11.3 Å². The second kappa shape index (κ2) is 13.4. The molecule has 0 saturated carbocycles. The molecule has 0 amide bonds. The van der Waals surface area contributed by atoms with Crippen LogP contribution in [0, 0.1) is 23.7 Å². The fraction of sp³-hybridized carbons (Fsp3) is 0.559. The van der Waals surface area contributed by atoms with Crippen molar-refractivity contribution < 1.29 is 17.7 Å². The number of benzene rings is 1. The number of piperidine rings is 1. The summed E-state index contributed by atoms with van der Waals surface area (Å²) in [5, 5.41) is 15.3. The molecule has 2 unspecified atom stereocenters. The Kier molecular flexibility index (Phi) is 9.38. The Morgan fingerprint density at radius 2 is 1.85 bits per heavy atom. The van der Waals surface area contributed by atoms with Crippen molar-refractivity contribution in [2.24, 2.45) is 5.41 Å². The summed E-state index contributed by atoms with van der Waals surface area (Å²) in [6, 6.07) is 10.6. The van der Waals surface area contributed by atoms with Gasteiger partial charge >= 0.3 is 6.18 Å². The summed E-state index contributed by atoms with van der Waals surface area (Å²) in [5.74, 6) is 0.603. The standard InChI is InChI=1S/C34H41F3N8OS2/c1-23-24(19-42-9-5-25(6-10-42)41-31-29-16-27(17-34(35,36)37)47-32(29)40-22-39-31)3-4-30-28(23)15-26(18-38)45(30)14-13-43-11-7-33(20-43)8-12-44(21-33)48(2)46/h3-4,15-16,22,25H,5-14,17,19-21H2,1-2H3,(H,39,40,41). The maximum Gasteiger partial charge on any atom is 0.393 e. The Bertz CT molecular complexity index is 1830. The van der Waals surface area contributed by atoms with Crippen LogP contribution in [-0.4, -0.2) is 97.5 Å². The molecule has 0 aliphatic carbocycles. The zero-order valence-electron chi connectivity index (χ0n) is 27.4. The Morgan fingerprint density at radius 1 is 1.06 bits per heavy atom. The number of nitrogens with zero attached hydrogens (tertiary/aromatic N) is 7. The molecule has 14 heteroatoms. The van der Waals surface area contributed by atoms with Gasteiger partial charge in [0.2, 0.25) is 0 Å². The highest BCUT2D eigenvalue weighted by Gasteiger charge is 2.46. The van der Waals surface area contributed by atoms with Crippen molar-refractivity contribution in [3.8, 4) is 6.07 Å². The number of aromatic nitrogens is 3. The van der Waals surface area contributed by atoms with Crippen LogP contribution in [0.1, 0.15) is 47.4 Å². The van der Waals surface area contributed by atoms with E-state index in [1.807, 2.05) is 6.07 Å². The van der Waals surface area contributed by atoms with E-state index in [4.69, 9.17) is 0 Å². The van der Waals surface area contributed by atoms with Crippen LogP contribution in [0.25, 0.3) is 21.1 Å². The van der Waals surface area contributed by atoms with E-state index in [2.05, 4.69) is 59.1 Å². The molecule has 2 atom stereocenters. The van der Waals surface area contributed by atoms with E-state index in [-0.39, 0.29) is 16.3 Å². The maximum atomic E-state index is 13.0. The molecule has 48 heavy (non-hydrogen) atoms. The molecule has 3 aliphatic rings. The van der Waals surface area contributed by atoms with E-state index in [9.17, 15) is 23.0 Å². The van der Waals surface area contributed by atoms with Crippen molar-refractivity contribution >= 4 is 49.6 Å². The topological polar surface area (TPSA) is 99.3 Å². The van der Waals surface area contributed by atoms with Crippen LogP contribution in [0.2, 0.25) is 0 Å². The lowest BCUT2D eigenvalue weighted by Gasteiger charge is -2.33. The largest absolute Gasteiger partial charge is 0.598 e. The molecule has 3 saturated heterocycles. The molecule has 256 valence electrons. The third kappa shape index (κ3) is 7.04. The number of nitrogens with one attached hydrogen (secondary N) is 1. The minimum absolute atomic E-state index is 0.176. The van der Waals surface area contributed by atoms with Crippen LogP contribution in [0.4, 0.5) is 19.0 Å². The summed E-state index contributed by atoms with van der Waals surface area (Å²) in [4.78, 5) is 14.3. The van der Waals surface area contributed by atoms with Crippen LogP contribution in [0.3, 0.4) is 0 Å². The van der Waals surface area contributed by atoms with Gasteiger partial charge in [-0.2, -0.15) is 18.4 Å². The van der Waals surface area contributed by atoms with Crippen LogP contribution < -0.4 is 5.32 Å². The molecule has 9 nitrogen and oxygen atoms in total. The first-order chi connectivity index (χ1) is 23.0.